The van der Waals surface area contributed by atoms with Crippen molar-refractivity contribution >= 4 is 11.1 Å². The molecule has 0 aliphatic rings. The van der Waals surface area contributed by atoms with Crippen molar-refractivity contribution in [3.05, 3.63) is 55.3 Å². The largest absolute Gasteiger partial charge is 0.465 e. The van der Waals surface area contributed by atoms with Gasteiger partial charge in [0.1, 0.15) is 5.75 Å². The van der Waals surface area contributed by atoms with Crippen LogP contribution in [0.15, 0.2) is 55.3 Å². The Labute approximate surface area is 91.4 Å². The van der Waals surface area contributed by atoms with Crippen molar-refractivity contribution in [3.8, 4) is 5.75 Å². The maximum Gasteiger partial charge on any atom is 0.164 e. The minimum Gasteiger partial charge on any atom is -0.465 e. The van der Waals surface area contributed by atoms with E-state index in [-0.39, 0.29) is 0 Å². The van der Waals surface area contributed by atoms with E-state index in [4.69, 9.17) is 9.29 Å². The van der Waals surface area contributed by atoms with E-state index in [1.165, 1.54) is 18.4 Å². The standard InChI is InChI=1S/C11H12O3S/c1-2-11(15(12)13)8-9-14-10-6-4-3-5-7-10/h2-9,11H,1H2,(H,12,13). The molecule has 80 valence electrons. The van der Waals surface area contributed by atoms with Crippen LogP contribution in [0.2, 0.25) is 0 Å². The molecule has 15 heavy (non-hydrogen) atoms. The second kappa shape index (κ2) is 6.16. The van der Waals surface area contributed by atoms with Gasteiger partial charge in [-0.1, -0.05) is 24.3 Å². The number of rotatable bonds is 5. The number of ether oxygens (including phenoxy) is 1. The number of para-hydroxylation sites is 1. The first-order chi connectivity index (χ1) is 7.24. The lowest BCUT2D eigenvalue weighted by Crippen LogP contribution is -2.07. The van der Waals surface area contributed by atoms with E-state index in [9.17, 15) is 4.21 Å². The predicted octanol–water partition coefficient (Wildman–Crippen LogP) is 2.36. The SMILES string of the molecule is C=CC(C=COc1ccccc1)S(=O)O. The van der Waals surface area contributed by atoms with Gasteiger partial charge in [0, 0.05) is 0 Å². The fraction of sp³-hybridized carbons (Fsp3) is 0.0909. The van der Waals surface area contributed by atoms with Crippen LogP contribution in [0.3, 0.4) is 0 Å². The molecule has 2 unspecified atom stereocenters. The molecule has 1 aromatic rings. The van der Waals surface area contributed by atoms with Gasteiger partial charge >= 0.3 is 0 Å². The van der Waals surface area contributed by atoms with Crippen molar-refractivity contribution in [2.75, 3.05) is 0 Å². The summed E-state index contributed by atoms with van der Waals surface area (Å²) in [5, 5.41) is -0.603. The second-order valence-corrected chi connectivity index (χ2v) is 3.83. The third-order valence-corrected chi connectivity index (χ3v) is 2.50. The monoisotopic (exact) mass is 224 g/mol. The molecule has 0 saturated heterocycles. The van der Waals surface area contributed by atoms with Gasteiger partial charge in [-0.3, -0.25) is 0 Å². The Balaban J connectivity index is 2.52. The molecule has 0 amide bonds. The normalized spacial score (nSPS) is 14.7. The lowest BCUT2D eigenvalue weighted by Gasteiger charge is -2.01. The summed E-state index contributed by atoms with van der Waals surface area (Å²) in [5.74, 6) is 0.681. The molecule has 3 nitrogen and oxygen atoms in total. The summed E-state index contributed by atoms with van der Waals surface area (Å²) in [6.07, 6.45) is 4.26. The van der Waals surface area contributed by atoms with Gasteiger partial charge in [0.2, 0.25) is 0 Å². The molecule has 0 saturated carbocycles. The van der Waals surface area contributed by atoms with E-state index in [1.807, 2.05) is 18.2 Å². The zero-order chi connectivity index (χ0) is 11.1. The fourth-order valence-corrected chi connectivity index (χ4v) is 1.29. The minimum absolute atomic E-state index is 0.603. The summed E-state index contributed by atoms with van der Waals surface area (Å²) in [4.78, 5) is 0. The first-order valence-corrected chi connectivity index (χ1v) is 5.51. The van der Waals surface area contributed by atoms with Crippen LogP contribution in [0.4, 0.5) is 0 Å². The van der Waals surface area contributed by atoms with Crippen LogP contribution in [0.1, 0.15) is 0 Å². The topological polar surface area (TPSA) is 46.5 Å². The molecule has 2 atom stereocenters. The Morgan fingerprint density at radius 3 is 2.60 bits per heavy atom. The third kappa shape index (κ3) is 4.10. The predicted molar refractivity (Wildman–Crippen MR) is 61.0 cm³/mol. The highest BCUT2D eigenvalue weighted by atomic mass is 32.2. The van der Waals surface area contributed by atoms with Crippen molar-refractivity contribution in [3.63, 3.8) is 0 Å². The van der Waals surface area contributed by atoms with Gasteiger partial charge in [-0.05, 0) is 18.2 Å². The Kier molecular flexibility index (Phi) is 4.80. The van der Waals surface area contributed by atoms with E-state index < -0.39 is 16.3 Å². The summed E-state index contributed by atoms with van der Waals surface area (Å²) in [7, 11) is 0. The molecular weight excluding hydrogens is 212 g/mol. The van der Waals surface area contributed by atoms with Gasteiger partial charge in [0.25, 0.3) is 0 Å². The zero-order valence-electron chi connectivity index (χ0n) is 8.08. The average Bonchev–Trinajstić information content (AvgIpc) is 2.25. The molecule has 0 radical (unpaired) electrons. The maximum absolute atomic E-state index is 10.7. The van der Waals surface area contributed by atoms with Crippen LogP contribution in [-0.4, -0.2) is 14.0 Å². The van der Waals surface area contributed by atoms with E-state index in [0.29, 0.717) is 5.75 Å². The average molecular weight is 224 g/mol. The molecule has 0 fully saturated rings. The number of hydrogen-bond acceptors (Lipinski definition) is 2. The van der Waals surface area contributed by atoms with E-state index in [2.05, 4.69) is 6.58 Å². The van der Waals surface area contributed by atoms with Gasteiger partial charge in [0.05, 0.1) is 11.5 Å². The summed E-state index contributed by atoms with van der Waals surface area (Å²) in [5.41, 5.74) is 0. The molecule has 4 heteroatoms. The Hall–Kier alpha value is -1.39. The first-order valence-electron chi connectivity index (χ1n) is 4.34. The van der Waals surface area contributed by atoms with Crippen molar-refractivity contribution in [1.29, 1.82) is 0 Å². The molecule has 0 aromatic heterocycles. The molecule has 1 rings (SSSR count). The third-order valence-electron chi connectivity index (χ3n) is 1.68. The highest BCUT2D eigenvalue weighted by Gasteiger charge is 2.04. The molecular formula is C11H12O3S. The van der Waals surface area contributed by atoms with Crippen LogP contribution in [0, 0.1) is 0 Å². The molecule has 0 heterocycles. The maximum atomic E-state index is 10.7. The molecule has 1 N–H and O–H groups in total. The fourth-order valence-electron chi connectivity index (χ4n) is 0.922. The van der Waals surface area contributed by atoms with E-state index in [1.54, 1.807) is 12.1 Å². The van der Waals surface area contributed by atoms with E-state index >= 15 is 0 Å². The summed E-state index contributed by atoms with van der Waals surface area (Å²) < 4.78 is 24.7. The van der Waals surface area contributed by atoms with Crippen molar-refractivity contribution in [2.24, 2.45) is 0 Å². The summed E-state index contributed by atoms with van der Waals surface area (Å²) in [6.45, 7) is 3.45. The summed E-state index contributed by atoms with van der Waals surface area (Å²) >= 11 is -1.95. The quantitative estimate of drug-likeness (QED) is 0.474. The number of benzene rings is 1. The first kappa shape index (κ1) is 11.7. The summed E-state index contributed by atoms with van der Waals surface area (Å²) in [6, 6.07) is 9.16. The lowest BCUT2D eigenvalue weighted by molar-refractivity contribution is 0.479. The van der Waals surface area contributed by atoms with Crippen molar-refractivity contribution in [2.45, 2.75) is 5.25 Å². The van der Waals surface area contributed by atoms with Crippen molar-refractivity contribution < 1.29 is 13.5 Å². The van der Waals surface area contributed by atoms with Gasteiger partial charge in [-0.15, -0.1) is 6.58 Å². The van der Waals surface area contributed by atoms with Crippen LogP contribution in [-0.2, 0) is 11.1 Å². The second-order valence-electron chi connectivity index (χ2n) is 2.74. The molecule has 1 aromatic carbocycles. The van der Waals surface area contributed by atoms with Gasteiger partial charge in [-0.25, -0.2) is 4.21 Å². The van der Waals surface area contributed by atoms with Crippen LogP contribution < -0.4 is 4.74 Å². The Morgan fingerprint density at radius 1 is 1.40 bits per heavy atom. The Bertz CT molecular complexity index is 359. The molecule has 0 aliphatic heterocycles. The zero-order valence-corrected chi connectivity index (χ0v) is 8.89. The van der Waals surface area contributed by atoms with Crippen LogP contribution in [0.25, 0.3) is 0 Å². The number of hydrogen-bond donors (Lipinski definition) is 1. The smallest absolute Gasteiger partial charge is 0.164 e. The lowest BCUT2D eigenvalue weighted by atomic mass is 10.3. The van der Waals surface area contributed by atoms with Crippen molar-refractivity contribution in [1.82, 2.24) is 0 Å². The highest BCUT2D eigenvalue weighted by Crippen LogP contribution is 2.09. The van der Waals surface area contributed by atoms with Gasteiger partial charge in [-0.2, -0.15) is 0 Å². The highest BCUT2D eigenvalue weighted by molar-refractivity contribution is 7.80. The van der Waals surface area contributed by atoms with Crippen LogP contribution in [0.5, 0.6) is 5.75 Å². The van der Waals surface area contributed by atoms with Gasteiger partial charge in [0.15, 0.2) is 11.1 Å². The van der Waals surface area contributed by atoms with Gasteiger partial charge < -0.3 is 9.29 Å². The Morgan fingerprint density at radius 2 is 2.07 bits per heavy atom. The van der Waals surface area contributed by atoms with Crippen LogP contribution >= 0.6 is 0 Å². The minimum atomic E-state index is -1.95. The molecule has 0 bridgehead atoms. The van der Waals surface area contributed by atoms with E-state index in [0.717, 1.165) is 0 Å². The molecule has 0 spiro atoms. The molecule has 0 aliphatic carbocycles.